The molecule has 1 aliphatic carbocycles. The first-order chi connectivity index (χ1) is 24.4. The van der Waals surface area contributed by atoms with E-state index in [9.17, 15) is 0 Å². The summed E-state index contributed by atoms with van der Waals surface area (Å²) in [7, 11) is 0. The summed E-state index contributed by atoms with van der Waals surface area (Å²) in [4.78, 5) is 2.32. The van der Waals surface area contributed by atoms with Gasteiger partial charge in [0.15, 0.2) is 5.58 Å². The van der Waals surface area contributed by atoms with Crippen LogP contribution in [0.3, 0.4) is 0 Å². The Morgan fingerprint density at radius 1 is 0.440 bits per heavy atom. The fourth-order valence-corrected chi connectivity index (χ4v) is 7.81. The molecule has 0 fully saturated rings. The fourth-order valence-electron chi connectivity index (χ4n) is 7.81. The highest BCUT2D eigenvalue weighted by Crippen LogP contribution is 2.51. The van der Waals surface area contributed by atoms with E-state index >= 15 is 0 Å². The van der Waals surface area contributed by atoms with Crippen molar-refractivity contribution >= 4 is 60.5 Å². The van der Waals surface area contributed by atoms with Gasteiger partial charge in [0.1, 0.15) is 5.58 Å². The lowest BCUT2D eigenvalue weighted by molar-refractivity contribution is 0.590. The molecule has 1 aliphatic rings. The van der Waals surface area contributed by atoms with Crippen LogP contribution in [-0.4, -0.2) is 0 Å². The Balaban J connectivity index is 1.05. The van der Waals surface area contributed by atoms with Gasteiger partial charge in [-0.3, -0.25) is 0 Å². The van der Waals surface area contributed by atoms with Crippen LogP contribution in [0.1, 0.15) is 26.3 Å². The molecule has 0 saturated heterocycles. The van der Waals surface area contributed by atoms with E-state index in [-0.39, 0.29) is 5.41 Å². The van der Waals surface area contributed by atoms with E-state index in [1.54, 1.807) is 0 Å². The Hall–Kier alpha value is -6.12. The zero-order valence-electron chi connectivity index (χ0n) is 28.4. The van der Waals surface area contributed by atoms with E-state index in [4.69, 9.17) is 4.42 Å². The first-order valence-electron chi connectivity index (χ1n) is 17.4. The van der Waals surface area contributed by atoms with Crippen LogP contribution in [0.15, 0.2) is 162 Å². The van der Waals surface area contributed by atoms with Crippen LogP contribution >= 0.6 is 0 Å². The lowest BCUT2D eigenvalue weighted by Crippen LogP contribution is -2.10. The van der Waals surface area contributed by atoms with Gasteiger partial charge in [-0.05, 0) is 133 Å². The molecule has 50 heavy (non-hydrogen) atoms. The normalized spacial score (nSPS) is 12.3. The number of hydrogen-bond acceptors (Lipinski definition) is 2. The Labute approximate surface area is 291 Å². The van der Waals surface area contributed by atoms with Crippen LogP contribution in [0.25, 0.3) is 76.9 Å². The van der Waals surface area contributed by atoms with Crippen LogP contribution < -0.4 is 4.90 Å². The fraction of sp³-hybridized carbons (Fsp3) is 0.0833. The minimum Gasteiger partial charge on any atom is -0.454 e. The highest BCUT2D eigenvalue weighted by atomic mass is 16.3. The summed E-state index contributed by atoms with van der Waals surface area (Å²) in [6.45, 7) is 6.79. The third-order valence-electron chi connectivity index (χ3n) is 10.5. The van der Waals surface area contributed by atoms with Crippen molar-refractivity contribution in [3.63, 3.8) is 0 Å². The second kappa shape index (κ2) is 10.7. The number of nitrogens with zero attached hydrogens (tertiary/aromatic N) is 1. The van der Waals surface area contributed by atoms with Gasteiger partial charge in [-0.15, -0.1) is 0 Å². The molecule has 2 nitrogen and oxygen atoms in total. The van der Waals surface area contributed by atoms with Gasteiger partial charge in [-0.25, -0.2) is 0 Å². The molecule has 0 spiro atoms. The average molecular weight is 642 g/mol. The number of para-hydroxylation sites is 3. The topological polar surface area (TPSA) is 16.4 Å². The van der Waals surface area contributed by atoms with Crippen molar-refractivity contribution < 1.29 is 4.42 Å². The minimum absolute atomic E-state index is 0.148. The lowest BCUT2D eigenvalue weighted by atomic mass is 9.77. The van der Waals surface area contributed by atoms with E-state index in [1.165, 1.54) is 60.5 Å². The molecule has 1 heterocycles. The monoisotopic (exact) mass is 641 g/mol. The quantitative estimate of drug-likeness (QED) is 0.190. The Morgan fingerprint density at radius 2 is 1.04 bits per heavy atom. The lowest BCUT2D eigenvalue weighted by Gasteiger charge is -2.28. The molecular formula is C48H35NO. The average Bonchev–Trinajstić information content (AvgIpc) is 3.53. The maximum atomic E-state index is 6.52. The number of fused-ring (bicyclic) bond motifs is 9. The molecule has 0 saturated carbocycles. The second-order valence-electron chi connectivity index (χ2n) is 14.6. The molecule has 1 aromatic heterocycles. The maximum absolute atomic E-state index is 6.52. The Kier molecular flexibility index (Phi) is 6.17. The molecule has 0 amide bonds. The molecule has 0 N–H and O–H groups in total. The van der Waals surface area contributed by atoms with E-state index < -0.39 is 0 Å². The minimum atomic E-state index is 0.148. The Morgan fingerprint density at radius 3 is 1.76 bits per heavy atom. The van der Waals surface area contributed by atoms with Crippen LogP contribution in [0.2, 0.25) is 0 Å². The maximum Gasteiger partial charge on any atom is 0.159 e. The van der Waals surface area contributed by atoms with Crippen LogP contribution in [0.4, 0.5) is 17.1 Å². The van der Waals surface area contributed by atoms with Gasteiger partial charge < -0.3 is 9.32 Å². The first kappa shape index (κ1) is 28.9. The third kappa shape index (κ3) is 4.49. The first-order valence-corrected chi connectivity index (χ1v) is 17.4. The molecule has 9 aromatic rings. The molecular weight excluding hydrogens is 607 g/mol. The van der Waals surface area contributed by atoms with Gasteiger partial charge in [0.2, 0.25) is 0 Å². The van der Waals surface area contributed by atoms with Gasteiger partial charge in [-0.2, -0.15) is 0 Å². The second-order valence-corrected chi connectivity index (χ2v) is 14.6. The molecule has 238 valence electrons. The van der Waals surface area contributed by atoms with Crippen LogP contribution in [0.5, 0.6) is 0 Å². The number of rotatable bonds is 4. The summed E-state index contributed by atoms with van der Waals surface area (Å²) in [6.07, 6.45) is 0. The smallest absolute Gasteiger partial charge is 0.159 e. The van der Waals surface area contributed by atoms with Crippen molar-refractivity contribution in [3.8, 4) is 33.4 Å². The van der Waals surface area contributed by atoms with Crippen molar-refractivity contribution in [1.82, 2.24) is 0 Å². The SMILES string of the molecule is CC(C)(C)c1ccc(-c2ccc3cc4c(cc3c2)-c2cc3ccc(N(c5ccccc5)c5cccc6c5oc5ccccc56)cc3cc2-4)cc1. The van der Waals surface area contributed by atoms with Crippen molar-refractivity contribution in [3.05, 3.63) is 163 Å². The van der Waals surface area contributed by atoms with E-state index in [1.807, 2.05) is 12.1 Å². The highest BCUT2D eigenvalue weighted by Gasteiger charge is 2.25. The van der Waals surface area contributed by atoms with Crippen molar-refractivity contribution in [2.45, 2.75) is 26.2 Å². The summed E-state index contributed by atoms with van der Waals surface area (Å²) in [5, 5.41) is 7.26. The van der Waals surface area contributed by atoms with Gasteiger partial charge in [0.25, 0.3) is 0 Å². The molecule has 0 unspecified atom stereocenters. The van der Waals surface area contributed by atoms with Crippen molar-refractivity contribution in [1.29, 1.82) is 0 Å². The molecule has 0 aliphatic heterocycles. The van der Waals surface area contributed by atoms with Crippen LogP contribution in [0, 0.1) is 0 Å². The molecule has 8 aromatic carbocycles. The summed E-state index contributed by atoms with van der Waals surface area (Å²) in [5.74, 6) is 0. The summed E-state index contributed by atoms with van der Waals surface area (Å²) in [6, 6.07) is 57.5. The third-order valence-corrected chi connectivity index (χ3v) is 10.5. The van der Waals surface area contributed by atoms with E-state index in [0.29, 0.717) is 0 Å². The largest absolute Gasteiger partial charge is 0.454 e. The predicted octanol–water partition coefficient (Wildman–Crippen LogP) is 14.0. The highest BCUT2D eigenvalue weighted by molar-refractivity contribution is 6.13. The van der Waals surface area contributed by atoms with E-state index in [2.05, 4.69) is 171 Å². The zero-order valence-corrected chi connectivity index (χ0v) is 28.4. The number of hydrogen-bond donors (Lipinski definition) is 0. The van der Waals surface area contributed by atoms with Gasteiger partial charge in [-0.1, -0.05) is 112 Å². The van der Waals surface area contributed by atoms with Gasteiger partial charge >= 0.3 is 0 Å². The molecule has 2 heteroatoms. The van der Waals surface area contributed by atoms with E-state index in [0.717, 1.165) is 39.0 Å². The van der Waals surface area contributed by atoms with Crippen molar-refractivity contribution in [2.24, 2.45) is 0 Å². The number of benzene rings is 8. The molecule has 0 bridgehead atoms. The molecule has 0 radical (unpaired) electrons. The molecule has 0 atom stereocenters. The predicted molar refractivity (Wildman–Crippen MR) is 212 cm³/mol. The summed E-state index contributed by atoms with van der Waals surface area (Å²) < 4.78 is 6.52. The molecule has 10 rings (SSSR count). The number of anilines is 3. The summed E-state index contributed by atoms with van der Waals surface area (Å²) in [5.41, 5.74) is 14.3. The van der Waals surface area contributed by atoms with Crippen molar-refractivity contribution in [2.75, 3.05) is 4.90 Å². The summed E-state index contributed by atoms with van der Waals surface area (Å²) >= 11 is 0. The standard InChI is InChI=1S/C48H35NO/c1-48(2,3)36-21-18-30(19-22-36)31-16-17-32-26-41-43(28-34(32)24-31)42-27-33-20-23-38(25-35(33)29-44(41)42)49(37-10-5-4-6-11-37)45-14-9-13-40-39-12-7-8-15-46(39)50-47(40)45/h4-29H,1-3H3. The van der Waals surface area contributed by atoms with Crippen LogP contribution in [-0.2, 0) is 5.41 Å². The number of furan rings is 1. The van der Waals surface area contributed by atoms with Gasteiger partial charge in [0.05, 0.1) is 5.69 Å². The Bertz CT molecular complexity index is 2780. The zero-order chi connectivity index (χ0) is 33.6. The van der Waals surface area contributed by atoms with Gasteiger partial charge in [0, 0.05) is 22.1 Å².